The summed E-state index contributed by atoms with van der Waals surface area (Å²) in [7, 11) is 0. The van der Waals surface area contributed by atoms with Gasteiger partial charge in [0.15, 0.2) is 5.13 Å². The molecule has 1 N–H and O–H groups in total. The van der Waals surface area contributed by atoms with Gasteiger partial charge in [-0.3, -0.25) is 4.79 Å². The van der Waals surface area contributed by atoms with E-state index in [1.54, 1.807) is 11.3 Å². The van der Waals surface area contributed by atoms with Gasteiger partial charge in [0.1, 0.15) is 5.75 Å². The van der Waals surface area contributed by atoms with Gasteiger partial charge < -0.3 is 15.0 Å². The Balaban J connectivity index is 1.21. The molecule has 0 saturated carbocycles. The van der Waals surface area contributed by atoms with Crippen molar-refractivity contribution < 1.29 is 9.53 Å². The zero-order valence-corrected chi connectivity index (χ0v) is 18.8. The Kier molecular flexibility index (Phi) is 5.81. The number of aryl methyl sites for hydroxylation is 1. The van der Waals surface area contributed by atoms with Crippen LogP contribution in [0.15, 0.2) is 42.5 Å². The Morgan fingerprint density at radius 1 is 1.19 bits per heavy atom. The molecular weight excluding hydrogens is 406 g/mol. The van der Waals surface area contributed by atoms with Gasteiger partial charge in [-0.05, 0) is 68.4 Å². The molecule has 6 heteroatoms. The van der Waals surface area contributed by atoms with E-state index in [0.29, 0.717) is 6.61 Å². The summed E-state index contributed by atoms with van der Waals surface area (Å²) in [6.45, 7) is 4.41. The van der Waals surface area contributed by atoms with Crippen LogP contribution in [-0.2, 0) is 11.2 Å². The smallest absolute Gasteiger partial charge is 0.223 e. The molecule has 1 aromatic heterocycles. The van der Waals surface area contributed by atoms with Gasteiger partial charge in [-0.25, -0.2) is 4.98 Å². The molecule has 1 aliphatic heterocycles. The number of amides is 1. The van der Waals surface area contributed by atoms with E-state index in [1.807, 2.05) is 19.1 Å². The quantitative estimate of drug-likeness (QED) is 0.605. The van der Waals surface area contributed by atoms with Crippen molar-refractivity contribution in [1.82, 2.24) is 10.3 Å². The molecule has 31 heavy (non-hydrogen) atoms. The average molecular weight is 436 g/mol. The molecule has 2 heterocycles. The van der Waals surface area contributed by atoms with Crippen molar-refractivity contribution in [3.63, 3.8) is 0 Å². The van der Waals surface area contributed by atoms with Crippen LogP contribution >= 0.6 is 11.3 Å². The summed E-state index contributed by atoms with van der Waals surface area (Å²) in [5, 5.41) is 4.40. The van der Waals surface area contributed by atoms with Gasteiger partial charge in [0.25, 0.3) is 0 Å². The topological polar surface area (TPSA) is 54.5 Å². The van der Waals surface area contributed by atoms with Crippen LogP contribution in [0.3, 0.4) is 0 Å². The molecule has 1 saturated heterocycles. The zero-order valence-electron chi connectivity index (χ0n) is 18.0. The van der Waals surface area contributed by atoms with Crippen LogP contribution in [-0.4, -0.2) is 30.6 Å². The van der Waals surface area contributed by atoms with Crippen LogP contribution in [0.5, 0.6) is 5.75 Å². The summed E-state index contributed by atoms with van der Waals surface area (Å²) in [4.78, 5) is 20.1. The number of carbonyl (C=O) groups is 1. The highest BCUT2D eigenvalue weighted by molar-refractivity contribution is 7.22. The lowest BCUT2D eigenvalue weighted by Crippen LogP contribution is -2.42. The van der Waals surface area contributed by atoms with Crippen LogP contribution in [0.4, 0.5) is 5.13 Å². The van der Waals surface area contributed by atoms with Gasteiger partial charge >= 0.3 is 0 Å². The van der Waals surface area contributed by atoms with Crippen LogP contribution in [0.25, 0.3) is 10.2 Å². The van der Waals surface area contributed by atoms with Gasteiger partial charge in [0.05, 0.1) is 22.9 Å². The van der Waals surface area contributed by atoms with Crippen molar-refractivity contribution in [2.75, 3.05) is 24.6 Å². The number of anilines is 1. The van der Waals surface area contributed by atoms with Crippen LogP contribution < -0.4 is 15.0 Å². The van der Waals surface area contributed by atoms with Gasteiger partial charge in [0.2, 0.25) is 5.91 Å². The maximum atomic E-state index is 13.0. The molecule has 3 aromatic rings. The Hall–Kier alpha value is -2.60. The predicted molar refractivity (Wildman–Crippen MR) is 126 cm³/mol. The lowest BCUT2D eigenvalue weighted by Gasteiger charge is -2.33. The number of fused-ring (bicyclic) bond motifs is 2. The minimum absolute atomic E-state index is 0.0873. The van der Waals surface area contributed by atoms with E-state index >= 15 is 0 Å². The summed E-state index contributed by atoms with van der Waals surface area (Å²) in [5.41, 5.74) is 3.71. The van der Waals surface area contributed by atoms with Crippen LogP contribution in [0.2, 0.25) is 0 Å². The summed E-state index contributed by atoms with van der Waals surface area (Å²) in [6.07, 6.45) is 5.05. The molecule has 0 radical (unpaired) electrons. The van der Waals surface area contributed by atoms with E-state index in [4.69, 9.17) is 9.72 Å². The molecule has 1 aliphatic carbocycles. The number of ether oxygens (including phenoxy) is 1. The Morgan fingerprint density at radius 3 is 2.87 bits per heavy atom. The van der Waals surface area contributed by atoms with Crippen molar-refractivity contribution in [2.24, 2.45) is 5.92 Å². The maximum absolute atomic E-state index is 13.0. The molecule has 2 aliphatic rings. The normalized spacial score (nSPS) is 19.3. The van der Waals surface area contributed by atoms with Crippen molar-refractivity contribution in [3.8, 4) is 5.75 Å². The molecule has 0 bridgehead atoms. The first kappa shape index (κ1) is 20.3. The van der Waals surface area contributed by atoms with Crippen molar-refractivity contribution >= 4 is 32.6 Å². The number of piperidine rings is 1. The summed E-state index contributed by atoms with van der Waals surface area (Å²) < 4.78 is 6.76. The largest absolute Gasteiger partial charge is 0.494 e. The molecular formula is C25H29N3O2S. The average Bonchev–Trinajstić information content (AvgIpc) is 3.23. The number of aromatic nitrogens is 1. The standard InChI is InChI=1S/C25H29N3O2S/c1-2-30-19-10-11-22-23(16-19)31-25(27-22)28-14-12-18(13-15-28)24(29)26-21-9-5-7-17-6-3-4-8-20(17)21/h3-4,6,8,10-11,16,18,21H,2,5,7,9,12-15H2,1H3,(H,26,29)/t21-/m0/s1. The first-order valence-corrected chi connectivity index (χ1v) is 12.2. The number of rotatable bonds is 5. The Bertz CT molecular complexity index is 1070. The molecule has 0 spiro atoms. The molecule has 1 amide bonds. The van der Waals surface area contributed by atoms with E-state index in [9.17, 15) is 4.79 Å². The third-order valence-corrected chi connectivity index (χ3v) is 7.56. The number of hydrogen-bond donors (Lipinski definition) is 1. The Morgan fingerprint density at radius 2 is 2.03 bits per heavy atom. The van der Waals surface area contributed by atoms with E-state index in [2.05, 4.69) is 40.5 Å². The third kappa shape index (κ3) is 4.26. The minimum atomic E-state index is 0.0873. The first-order chi connectivity index (χ1) is 15.2. The number of carbonyl (C=O) groups excluding carboxylic acids is 1. The van der Waals surface area contributed by atoms with Gasteiger partial charge in [-0.15, -0.1) is 0 Å². The van der Waals surface area contributed by atoms with Crippen molar-refractivity contribution in [3.05, 3.63) is 53.6 Å². The number of thiazole rings is 1. The second-order valence-corrected chi connectivity index (χ2v) is 9.48. The lowest BCUT2D eigenvalue weighted by atomic mass is 9.87. The molecule has 1 fully saturated rings. The van der Waals surface area contributed by atoms with Crippen molar-refractivity contribution in [1.29, 1.82) is 0 Å². The zero-order chi connectivity index (χ0) is 21.2. The van der Waals surface area contributed by atoms with E-state index < -0.39 is 0 Å². The highest BCUT2D eigenvalue weighted by Gasteiger charge is 2.29. The molecule has 5 nitrogen and oxygen atoms in total. The predicted octanol–water partition coefficient (Wildman–Crippen LogP) is 5.11. The molecule has 5 rings (SSSR count). The molecule has 2 aromatic carbocycles. The second kappa shape index (κ2) is 8.87. The van der Waals surface area contributed by atoms with E-state index in [-0.39, 0.29) is 17.9 Å². The van der Waals surface area contributed by atoms with Gasteiger partial charge in [0, 0.05) is 19.0 Å². The number of nitrogens with zero attached hydrogens (tertiary/aromatic N) is 2. The molecule has 0 unspecified atom stereocenters. The van der Waals surface area contributed by atoms with Crippen LogP contribution in [0.1, 0.15) is 49.8 Å². The maximum Gasteiger partial charge on any atom is 0.223 e. The fraction of sp³-hybridized carbons (Fsp3) is 0.440. The van der Waals surface area contributed by atoms with Gasteiger partial charge in [-0.1, -0.05) is 35.6 Å². The Labute approximate surface area is 187 Å². The van der Waals surface area contributed by atoms with Gasteiger partial charge in [-0.2, -0.15) is 0 Å². The summed E-state index contributed by atoms with van der Waals surface area (Å²) in [6, 6.07) is 14.8. The third-order valence-electron chi connectivity index (χ3n) is 6.48. The van der Waals surface area contributed by atoms with Crippen molar-refractivity contribution in [2.45, 2.75) is 45.1 Å². The summed E-state index contributed by atoms with van der Waals surface area (Å²) >= 11 is 1.71. The van der Waals surface area contributed by atoms with Crippen LogP contribution in [0, 0.1) is 5.92 Å². The highest BCUT2D eigenvalue weighted by Crippen LogP contribution is 2.34. The fourth-order valence-corrected chi connectivity index (χ4v) is 5.86. The molecule has 162 valence electrons. The lowest BCUT2D eigenvalue weighted by molar-refractivity contribution is -0.126. The fourth-order valence-electron chi connectivity index (χ4n) is 4.81. The molecule has 1 atom stereocenters. The van der Waals surface area contributed by atoms with E-state index in [0.717, 1.165) is 66.3 Å². The monoisotopic (exact) mass is 435 g/mol. The number of nitrogens with one attached hydrogen (secondary N) is 1. The second-order valence-electron chi connectivity index (χ2n) is 8.47. The number of benzene rings is 2. The van der Waals surface area contributed by atoms with E-state index in [1.165, 1.54) is 11.1 Å². The first-order valence-electron chi connectivity index (χ1n) is 11.4. The minimum Gasteiger partial charge on any atom is -0.494 e. The summed E-state index contributed by atoms with van der Waals surface area (Å²) in [5.74, 6) is 1.20. The number of hydrogen-bond acceptors (Lipinski definition) is 5. The SMILES string of the molecule is CCOc1ccc2nc(N3CCC(C(=O)N[C@H]4CCCc5ccccc54)CC3)sc2c1. The highest BCUT2D eigenvalue weighted by atomic mass is 32.1.